The number of amides is 3. The molecule has 0 unspecified atom stereocenters. The Kier molecular flexibility index (Phi) is 6.71. The van der Waals surface area contributed by atoms with Gasteiger partial charge in [0.25, 0.3) is 11.1 Å². The van der Waals surface area contributed by atoms with Crippen molar-refractivity contribution in [1.29, 1.82) is 0 Å². The summed E-state index contributed by atoms with van der Waals surface area (Å²) < 4.78 is 0. The topological polar surface area (TPSA) is 66.5 Å². The van der Waals surface area contributed by atoms with Crippen LogP contribution >= 0.6 is 34.7 Å². The maximum atomic E-state index is 12.4. The zero-order valence-corrected chi connectivity index (χ0v) is 16.7. The molecule has 27 heavy (non-hydrogen) atoms. The van der Waals surface area contributed by atoms with Crippen molar-refractivity contribution in [1.82, 2.24) is 10.2 Å². The van der Waals surface area contributed by atoms with Crippen molar-refractivity contribution in [2.45, 2.75) is 12.8 Å². The predicted octanol–water partition coefficient (Wildman–Crippen LogP) is 4.19. The Bertz CT molecular complexity index is 880. The van der Waals surface area contributed by atoms with Gasteiger partial charge in [0.2, 0.25) is 5.91 Å². The molecule has 140 valence electrons. The Balaban J connectivity index is 1.46. The highest BCUT2D eigenvalue weighted by atomic mass is 35.5. The van der Waals surface area contributed by atoms with Gasteiger partial charge in [-0.25, -0.2) is 0 Å². The van der Waals surface area contributed by atoms with E-state index in [1.165, 1.54) is 16.2 Å². The van der Waals surface area contributed by atoms with Crippen LogP contribution in [-0.2, 0) is 16.0 Å². The van der Waals surface area contributed by atoms with Gasteiger partial charge in [-0.05, 0) is 35.9 Å². The molecular formula is C19H17ClN2O3S2. The van der Waals surface area contributed by atoms with E-state index < -0.39 is 0 Å². The highest BCUT2D eigenvalue weighted by Gasteiger charge is 2.34. The predicted molar refractivity (Wildman–Crippen MR) is 110 cm³/mol. The van der Waals surface area contributed by atoms with Crippen LogP contribution in [0.1, 0.15) is 16.9 Å². The molecular weight excluding hydrogens is 404 g/mol. The van der Waals surface area contributed by atoms with Gasteiger partial charge in [-0.3, -0.25) is 19.3 Å². The van der Waals surface area contributed by atoms with Crippen molar-refractivity contribution in [3.63, 3.8) is 0 Å². The lowest BCUT2D eigenvalue weighted by Crippen LogP contribution is -2.37. The number of carbonyl (C=O) groups is 3. The van der Waals surface area contributed by atoms with Gasteiger partial charge in [-0.2, -0.15) is 0 Å². The monoisotopic (exact) mass is 420 g/mol. The van der Waals surface area contributed by atoms with Gasteiger partial charge in [0.05, 0.1) is 9.93 Å². The van der Waals surface area contributed by atoms with E-state index in [-0.39, 0.29) is 30.1 Å². The van der Waals surface area contributed by atoms with Gasteiger partial charge in [-0.1, -0.05) is 41.9 Å². The molecule has 1 N–H and O–H groups in total. The number of nitrogens with zero attached hydrogens (tertiary/aromatic N) is 1. The third-order valence-corrected chi connectivity index (χ3v) is 6.10. The summed E-state index contributed by atoms with van der Waals surface area (Å²) in [5.41, 5.74) is 0.866. The fourth-order valence-electron chi connectivity index (χ4n) is 2.51. The highest BCUT2D eigenvalue weighted by Crippen LogP contribution is 2.31. The Morgan fingerprint density at radius 3 is 2.70 bits per heavy atom. The van der Waals surface area contributed by atoms with Crippen LogP contribution in [-0.4, -0.2) is 35.0 Å². The molecule has 0 radical (unpaired) electrons. The van der Waals surface area contributed by atoms with Gasteiger partial charge >= 0.3 is 0 Å². The number of nitrogens with one attached hydrogen (secondary N) is 1. The third kappa shape index (κ3) is 5.45. The average molecular weight is 421 g/mol. The minimum Gasteiger partial charge on any atom is -0.354 e. The SMILES string of the molecule is O=C(CCc1cc(Cl)cs1)NCCN1C(=O)SC(=Cc2ccccc2)C1=O. The summed E-state index contributed by atoms with van der Waals surface area (Å²) in [6.45, 7) is 0.397. The molecule has 3 rings (SSSR count). The molecule has 5 nitrogen and oxygen atoms in total. The zero-order chi connectivity index (χ0) is 19.2. The van der Waals surface area contributed by atoms with Crippen LogP contribution in [0.2, 0.25) is 5.02 Å². The van der Waals surface area contributed by atoms with E-state index in [9.17, 15) is 14.4 Å². The van der Waals surface area contributed by atoms with Gasteiger partial charge < -0.3 is 5.32 Å². The Morgan fingerprint density at radius 2 is 2.00 bits per heavy atom. The lowest BCUT2D eigenvalue weighted by molar-refractivity contribution is -0.124. The maximum Gasteiger partial charge on any atom is 0.293 e. The van der Waals surface area contributed by atoms with Gasteiger partial charge in [0, 0.05) is 29.8 Å². The van der Waals surface area contributed by atoms with E-state index in [0.717, 1.165) is 22.2 Å². The lowest BCUT2D eigenvalue weighted by atomic mass is 10.2. The molecule has 1 aliphatic rings. The molecule has 1 fully saturated rings. The molecule has 0 aliphatic carbocycles. The van der Waals surface area contributed by atoms with Crippen molar-refractivity contribution in [2.24, 2.45) is 0 Å². The molecule has 8 heteroatoms. The fourth-order valence-corrected chi connectivity index (χ4v) is 4.45. The molecule has 0 bridgehead atoms. The average Bonchev–Trinajstić information content (AvgIpc) is 3.19. The Hall–Kier alpha value is -2.09. The Labute approximate surface area is 170 Å². The number of hydrogen-bond acceptors (Lipinski definition) is 5. The summed E-state index contributed by atoms with van der Waals surface area (Å²) in [5.74, 6) is -0.442. The molecule has 1 aromatic heterocycles. The van der Waals surface area contributed by atoms with E-state index >= 15 is 0 Å². The van der Waals surface area contributed by atoms with Crippen molar-refractivity contribution >= 4 is 57.8 Å². The van der Waals surface area contributed by atoms with Crippen LogP contribution in [0, 0.1) is 0 Å². The number of halogens is 1. The molecule has 1 aliphatic heterocycles. The second kappa shape index (κ2) is 9.21. The smallest absolute Gasteiger partial charge is 0.293 e. The summed E-state index contributed by atoms with van der Waals surface area (Å²) in [7, 11) is 0. The molecule has 1 aromatic carbocycles. The standard InChI is InChI=1S/C19H17ClN2O3S2/c20-14-11-15(26-12-14)6-7-17(23)21-8-9-22-18(24)16(27-19(22)25)10-13-4-2-1-3-5-13/h1-5,10-12H,6-9H2,(H,21,23). The second-order valence-electron chi connectivity index (χ2n) is 5.83. The van der Waals surface area contributed by atoms with Crippen LogP contribution in [0.4, 0.5) is 4.79 Å². The third-order valence-electron chi connectivity index (χ3n) is 3.85. The number of hydrogen-bond donors (Lipinski definition) is 1. The van der Waals surface area contributed by atoms with Gasteiger partial charge in [0.15, 0.2) is 0 Å². The van der Waals surface area contributed by atoms with E-state index in [0.29, 0.717) is 22.8 Å². The molecule has 1 saturated heterocycles. The molecule has 2 heterocycles. The number of rotatable bonds is 7. The summed E-state index contributed by atoms with van der Waals surface area (Å²) in [6, 6.07) is 11.2. The van der Waals surface area contributed by atoms with Crippen LogP contribution in [0.25, 0.3) is 6.08 Å². The quantitative estimate of drug-likeness (QED) is 0.682. The second-order valence-corrected chi connectivity index (χ2v) is 8.25. The first-order valence-electron chi connectivity index (χ1n) is 8.33. The summed E-state index contributed by atoms with van der Waals surface area (Å²) in [6.07, 6.45) is 2.66. The van der Waals surface area contributed by atoms with Crippen molar-refractivity contribution in [3.05, 3.63) is 62.1 Å². The highest BCUT2D eigenvalue weighted by molar-refractivity contribution is 8.18. The van der Waals surface area contributed by atoms with Gasteiger partial charge in [-0.15, -0.1) is 11.3 Å². The zero-order valence-electron chi connectivity index (χ0n) is 14.3. The van der Waals surface area contributed by atoms with E-state index in [1.54, 1.807) is 6.08 Å². The molecule has 0 saturated carbocycles. The number of thioether (sulfide) groups is 1. The van der Waals surface area contributed by atoms with Crippen molar-refractivity contribution < 1.29 is 14.4 Å². The minimum absolute atomic E-state index is 0.119. The van der Waals surface area contributed by atoms with Crippen LogP contribution < -0.4 is 5.32 Å². The van der Waals surface area contributed by atoms with E-state index in [4.69, 9.17) is 11.6 Å². The lowest BCUT2D eigenvalue weighted by Gasteiger charge is -2.12. The number of thiophene rings is 1. The van der Waals surface area contributed by atoms with Crippen LogP contribution in [0.3, 0.4) is 0 Å². The van der Waals surface area contributed by atoms with Gasteiger partial charge in [0.1, 0.15) is 0 Å². The fraction of sp³-hybridized carbons (Fsp3) is 0.211. The maximum absolute atomic E-state index is 12.4. The molecule has 3 amide bonds. The van der Waals surface area contributed by atoms with Crippen LogP contribution in [0.15, 0.2) is 46.7 Å². The summed E-state index contributed by atoms with van der Waals surface area (Å²) in [4.78, 5) is 39.0. The molecule has 0 atom stereocenters. The van der Waals surface area contributed by atoms with E-state index in [2.05, 4.69) is 5.32 Å². The number of carbonyl (C=O) groups excluding carboxylic acids is 3. The molecule has 2 aromatic rings. The summed E-state index contributed by atoms with van der Waals surface area (Å²) in [5, 5.41) is 4.94. The van der Waals surface area contributed by atoms with E-state index in [1.807, 2.05) is 41.8 Å². The first kappa shape index (κ1) is 19.7. The normalized spacial score (nSPS) is 15.6. The summed E-state index contributed by atoms with van der Waals surface area (Å²) >= 11 is 8.29. The van der Waals surface area contributed by atoms with Crippen LogP contribution in [0.5, 0.6) is 0 Å². The van der Waals surface area contributed by atoms with Crippen molar-refractivity contribution in [2.75, 3.05) is 13.1 Å². The number of imide groups is 1. The molecule has 0 spiro atoms. The number of benzene rings is 1. The minimum atomic E-state index is -0.323. The first-order chi connectivity index (χ1) is 13.0. The number of aryl methyl sites for hydroxylation is 1. The Morgan fingerprint density at radius 1 is 1.22 bits per heavy atom. The van der Waals surface area contributed by atoms with Crippen molar-refractivity contribution in [3.8, 4) is 0 Å². The first-order valence-corrected chi connectivity index (χ1v) is 10.4. The largest absolute Gasteiger partial charge is 0.354 e.